The molecule has 5 nitrogen and oxygen atoms in total. The van der Waals surface area contributed by atoms with Gasteiger partial charge in [-0.1, -0.05) is 6.92 Å². The third-order valence-electron chi connectivity index (χ3n) is 3.82. The Morgan fingerprint density at radius 1 is 1.36 bits per heavy atom. The lowest BCUT2D eigenvalue weighted by Crippen LogP contribution is -2.31. The normalized spacial score (nSPS) is 13.2. The number of benzene rings is 1. The molecule has 0 radical (unpaired) electrons. The van der Waals surface area contributed by atoms with E-state index >= 15 is 0 Å². The van der Waals surface area contributed by atoms with E-state index < -0.39 is 0 Å². The summed E-state index contributed by atoms with van der Waals surface area (Å²) in [4.78, 5) is 28.2. The fourth-order valence-electron chi connectivity index (χ4n) is 2.63. The highest BCUT2D eigenvalue weighted by Crippen LogP contribution is 2.20. The predicted molar refractivity (Wildman–Crippen MR) is 84.0 cm³/mol. The van der Waals surface area contributed by atoms with Gasteiger partial charge in [-0.2, -0.15) is 0 Å². The van der Waals surface area contributed by atoms with Crippen molar-refractivity contribution < 1.29 is 9.59 Å². The van der Waals surface area contributed by atoms with E-state index in [4.69, 9.17) is 0 Å². The van der Waals surface area contributed by atoms with Crippen LogP contribution >= 0.6 is 0 Å². The Morgan fingerprint density at radius 3 is 3.05 bits per heavy atom. The number of nitrogens with one attached hydrogen (secondary N) is 2. The monoisotopic (exact) mass is 295 g/mol. The highest BCUT2D eigenvalue weighted by atomic mass is 16.2. The van der Waals surface area contributed by atoms with Crippen LogP contribution in [-0.4, -0.2) is 23.3 Å². The van der Waals surface area contributed by atoms with Crippen LogP contribution in [0.25, 0.3) is 0 Å². The number of hydrogen-bond acceptors (Lipinski definition) is 3. The Bertz CT molecular complexity index is 740. The molecule has 0 spiro atoms. The molecule has 2 N–H and O–H groups in total. The number of carbonyl (C=O) groups excluding carboxylic acids is 2. The van der Waals surface area contributed by atoms with Gasteiger partial charge in [-0.15, -0.1) is 0 Å². The molecule has 0 bridgehead atoms. The summed E-state index contributed by atoms with van der Waals surface area (Å²) in [5.74, 6) is -0.207. The molecule has 0 unspecified atom stereocenters. The molecule has 3 rings (SSSR count). The minimum Gasteiger partial charge on any atom is -0.352 e. The van der Waals surface area contributed by atoms with Gasteiger partial charge >= 0.3 is 0 Å². The van der Waals surface area contributed by atoms with Gasteiger partial charge in [-0.3, -0.25) is 14.6 Å². The number of anilines is 1. The van der Waals surface area contributed by atoms with Gasteiger partial charge in [-0.05, 0) is 48.2 Å². The van der Waals surface area contributed by atoms with Crippen LogP contribution in [0, 0.1) is 0 Å². The molecule has 112 valence electrons. The summed E-state index contributed by atoms with van der Waals surface area (Å²) in [5, 5.41) is 5.71. The van der Waals surface area contributed by atoms with Crippen molar-refractivity contribution >= 4 is 17.5 Å². The molecule has 1 aromatic carbocycles. The van der Waals surface area contributed by atoms with Crippen molar-refractivity contribution in [1.82, 2.24) is 10.3 Å². The molecule has 0 fully saturated rings. The maximum absolute atomic E-state index is 12.4. The number of nitrogens with zero attached hydrogens (tertiary/aromatic N) is 1. The smallest absolute Gasteiger partial charge is 0.256 e. The third-order valence-corrected chi connectivity index (χ3v) is 3.82. The second kappa shape index (κ2) is 5.97. The number of fused-ring (bicyclic) bond motifs is 1. The Hall–Kier alpha value is -2.69. The quantitative estimate of drug-likeness (QED) is 0.911. The second-order valence-corrected chi connectivity index (χ2v) is 5.22. The second-order valence-electron chi connectivity index (χ2n) is 5.22. The van der Waals surface area contributed by atoms with E-state index in [1.54, 1.807) is 30.6 Å². The zero-order valence-electron chi connectivity index (χ0n) is 12.3. The maximum atomic E-state index is 12.4. The van der Waals surface area contributed by atoms with Crippen LogP contribution in [0.4, 0.5) is 5.69 Å². The molecule has 5 heteroatoms. The number of aromatic nitrogens is 1. The minimum absolute atomic E-state index is 0.0541. The summed E-state index contributed by atoms with van der Waals surface area (Å²) < 4.78 is 0. The lowest BCUT2D eigenvalue weighted by molar-refractivity contribution is 0.0945. The number of pyridine rings is 1. The average Bonchev–Trinajstić information content (AvgIpc) is 2.55. The Kier molecular flexibility index (Phi) is 3.87. The molecule has 1 aliphatic rings. The SMILES string of the molecule is CCc1cnccc1C(=O)Nc1ccc2c(c1)CCNC2=O. The van der Waals surface area contributed by atoms with Gasteiger partial charge in [0.25, 0.3) is 11.8 Å². The minimum atomic E-state index is -0.153. The molecule has 2 amide bonds. The molecule has 0 atom stereocenters. The molecule has 1 aliphatic heterocycles. The number of rotatable bonds is 3. The zero-order chi connectivity index (χ0) is 15.5. The van der Waals surface area contributed by atoms with Crippen LogP contribution in [0.3, 0.4) is 0 Å². The van der Waals surface area contributed by atoms with Crippen LogP contribution in [-0.2, 0) is 12.8 Å². The fraction of sp³-hybridized carbons (Fsp3) is 0.235. The van der Waals surface area contributed by atoms with Gasteiger partial charge in [0.2, 0.25) is 0 Å². The van der Waals surface area contributed by atoms with Gasteiger partial charge in [-0.25, -0.2) is 0 Å². The van der Waals surface area contributed by atoms with Crippen LogP contribution in [0.1, 0.15) is 38.8 Å². The summed E-state index contributed by atoms with van der Waals surface area (Å²) in [6, 6.07) is 7.11. The zero-order valence-corrected chi connectivity index (χ0v) is 12.3. The molecular weight excluding hydrogens is 278 g/mol. The first kappa shape index (κ1) is 14.3. The predicted octanol–water partition coefficient (Wildman–Crippen LogP) is 2.18. The highest BCUT2D eigenvalue weighted by molar-refractivity contribution is 6.05. The Labute approximate surface area is 128 Å². The van der Waals surface area contributed by atoms with Crippen LogP contribution < -0.4 is 10.6 Å². The fourth-order valence-corrected chi connectivity index (χ4v) is 2.63. The van der Waals surface area contributed by atoms with Gasteiger partial charge in [0, 0.05) is 35.8 Å². The van der Waals surface area contributed by atoms with E-state index in [0.717, 1.165) is 24.0 Å². The third kappa shape index (κ3) is 2.70. The van der Waals surface area contributed by atoms with Crippen molar-refractivity contribution in [1.29, 1.82) is 0 Å². The summed E-state index contributed by atoms with van der Waals surface area (Å²) in [5.41, 5.74) is 3.90. The maximum Gasteiger partial charge on any atom is 0.256 e. The molecule has 2 aromatic rings. The molecule has 0 saturated heterocycles. The largest absolute Gasteiger partial charge is 0.352 e. The van der Waals surface area contributed by atoms with Crippen LogP contribution in [0.5, 0.6) is 0 Å². The number of carbonyl (C=O) groups is 2. The standard InChI is InChI=1S/C17H17N3O2/c1-2-11-10-18-7-6-15(11)17(22)20-13-3-4-14-12(9-13)5-8-19-16(14)21/h3-4,6-7,9-10H,2,5,8H2,1H3,(H,19,21)(H,20,22). The van der Waals surface area contributed by atoms with Gasteiger partial charge in [0.1, 0.15) is 0 Å². The first-order valence-corrected chi connectivity index (χ1v) is 7.34. The molecule has 0 aliphatic carbocycles. The van der Waals surface area contributed by atoms with Crippen LogP contribution in [0.2, 0.25) is 0 Å². The molecular formula is C17H17N3O2. The van der Waals surface area contributed by atoms with Crippen molar-refractivity contribution in [3.8, 4) is 0 Å². The summed E-state index contributed by atoms with van der Waals surface area (Å²) in [7, 11) is 0. The average molecular weight is 295 g/mol. The summed E-state index contributed by atoms with van der Waals surface area (Å²) >= 11 is 0. The van der Waals surface area contributed by atoms with Crippen molar-refractivity contribution in [2.45, 2.75) is 19.8 Å². The van der Waals surface area contributed by atoms with Gasteiger partial charge < -0.3 is 10.6 Å². The van der Waals surface area contributed by atoms with Crippen molar-refractivity contribution in [2.24, 2.45) is 0 Å². The van der Waals surface area contributed by atoms with E-state index in [1.165, 1.54) is 0 Å². The Balaban J connectivity index is 1.84. The van der Waals surface area contributed by atoms with Crippen molar-refractivity contribution in [2.75, 3.05) is 11.9 Å². The van der Waals surface area contributed by atoms with E-state index in [1.807, 2.05) is 13.0 Å². The molecule has 2 heterocycles. The van der Waals surface area contributed by atoms with Gasteiger partial charge in [0.15, 0.2) is 0 Å². The lowest BCUT2D eigenvalue weighted by Gasteiger charge is -2.17. The summed E-state index contributed by atoms with van der Waals surface area (Å²) in [6.45, 7) is 2.62. The molecule has 22 heavy (non-hydrogen) atoms. The number of aryl methyl sites for hydroxylation is 1. The molecule has 0 saturated carbocycles. The topological polar surface area (TPSA) is 71.1 Å². The first-order valence-electron chi connectivity index (χ1n) is 7.34. The highest BCUT2D eigenvalue weighted by Gasteiger charge is 2.17. The van der Waals surface area contributed by atoms with Crippen molar-refractivity contribution in [3.63, 3.8) is 0 Å². The van der Waals surface area contributed by atoms with E-state index in [-0.39, 0.29) is 11.8 Å². The van der Waals surface area contributed by atoms with E-state index in [9.17, 15) is 9.59 Å². The molecule has 1 aromatic heterocycles. The Morgan fingerprint density at radius 2 is 2.23 bits per heavy atom. The lowest BCUT2D eigenvalue weighted by atomic mass is 9.99. The first-order chi connectivity index (χ1) is 10.7. The van der Waals surface area contributed by atoms with E-state index in [2.05, 4.69) is 15.6 Å². The van der Waals surface area contributed by atoms with Gasteiger partial charge in [0.05, 0.1) is 0 Å². The summed E-state index contributed by atoms with van der Waals surface area (Å²) in [6.07, 6.45) is 4.86. The number of amides is 2. The van der Waals surface area contributed by atoms with Crippen molar-refractivity contribution in [3.05, 3.63) is 58.9 Å². The number of hydrogen-bond donors (Lipinski definition) is 2. The van der Waals surface area contributed by atoms with E-state index in [0.29, 0.717) is 23.4 Å². The van der Waals surface area contributed by atoms with Crippen LogP contribution in [0.15, 0.2) is 36.7 Å².